The van der Waals surface area contributed by atoms with E-state index in [-0.39, 0.29) is 11.7 Å². The van der Waals surface area contributed by atoms with Crippen LogP contribution >= 0.6 is 0 Å². The Labute approximate surface area is 210 Å². The van der Waals surface area contributed by atoms with E-state index in [1.54, 1.807) is 29.3 Å². The van der Waals surface area contributed by atoms with Crippen molar-refractivity contribution in [3.8, 4) is 11.5 Å². The van der Waals surface area contributed by atoms with Gasteiger partial charge in [-0.25, -0.2) is 4.98 Å². The number of piperazine rings is 1. The van der Waals surface area contributed by atoms with E-state index in [1.165, 1.54) is 7.11 Å². The summed E-state index contributed by atoms with van der Waals surface area (Å²) in [5.41, 5.74) is 6.62. The van der Waals surface area contributed by atoms with E-state index < -0.39 is 5.66 Å². The van der Waals surface area contributed by atoms with Gasteiger partial charge in [0.25, 0.3) is 5.91 Å². The van der Waals surface area contributed by atoms with Crippen molar-refractivity contribution in [3.05, 3.63) is 54.2 Å². The third kappa shape index (κ3) is 4.59. The number of hydrogen-bond acceptors (Lipinski definition) is 8. The zero-order valence-corrected chi connectivity index (χ0v) is 20.7. The number of aromatic hydroxyl groups is 1. The fourth-order valence-electron chi connectivity index (χ4n) is 4.94. The second-order valence-electron chi connectivity index (χ2n) is 9.53. The Kier molecular flexibility index (Phi) is 6.51. The summed E-state index contributed by atoms with van der Waals surface area (Å²) < 4.78 is 5.14. The first-order chi connectivity index (χ1) is 17.4. The van der Waals surface area contributed by atoms with Crippen LogP contribution in [0.3, 0.4) is 0 Å². The molecule has 3 aliphatic rings. The smallest absolute Gasteiger partial charge is 0.257 e. The number of nitrogens with two attached hydrogens (primary N) is 1. The number of methoxy groups -OCH3 is 1. The van der Waals surface area contributed by atoms with Gasteiger partial charge in [-0.2, -0.15) is 0 Å². The molecule has 0 aliphatic carbocycles. The van der Waals surface area contributed by atoms with Gasteiger partial charge >= 0.3 is 0 Å². The zero-order valence-electron chi connectivity index (χ0n) is 20.7. The third-order valence-electron chi connectivity index (χ3n) is 7.09. The molecule has 1 unspecified atom stereocenters. The van der Waals surface area contributed by atoms with Gasteiger partial charge in [-0.3, -0.25) is 9.79 Å². The van der Waals surface area contributed by atoms with E-state index in [2.05, 4.69) is 32.9 Å². The molecular formula is C27H32N6O3. The topological polar surface area (TPSA) is 108 Å². The molecule has 4 heterocycles. The van der Waals surface area contributed by atoms with E-state index in [4.69, 9.17) is 10.5 Å². The van der Waals surface area contributed by atoms with E-state index in [0.29, 0.717) is 30.0 Å². The second kappa shape index (κ2) is 9.75. The summed E-state index contributed by atoms with van der Waals surface area (Å²) in [6.07, 6.45) is 5.11. The summed E-state index contributed by atoms with van der Waals surface area (Å²) in [4.78, 5) is 28.0. The van der Waals surface area contributed by atoms with E-state index in [9.17, 15) is 9.90 Å². The highest BCUT2D eigenvalue weighted by molar-refractivity contribution is 6.07. The van der Waals surface area contributed by atoms with E-state index >= 15 is 0 Å². The molecule has 188 valence electrons. The monoisotopic (exact) mass is 488 g/mol. The maximum absolute atomic E-state index is 12.9. The Hall–Kier alpha value is -3.69. The van der Waals surface area contributed by atoms with E-state index in [1.807, 2.05) is 24.4 Å². The lowest BCUT2D eigenvalue weighted by Gasteiger charge is -2.33. The SMILES string of the molecule is CN1CCN(c2ccccn2)CC1.COc1cc2cc3c(cc2cc1O)C(=O)N1CCCC1(N)C=N3. The van der Waals surface area contributed by atoms with Crippen LogP contribution in [0.15, 0.2) is 53.7 Å². The normalized spacial score (nSPS) is 21.5. The molecule has 3 aromatic rings. The molecule has 36 heavy (non-hydrogen) atoms. The average Bonchev–Trinajstić information content (AvgIpc) is 3.25. The lowest BCUT2D eigenvalue weighted by Crippen LogP contribution is -2.54. The van der Waals surface area contributed by atoms with Crippen LogP contribution in [0.5, 0.6) is 11.5 Å². The molecule has 9 heteroatoms. The average molecular weight is 489 g/mol. The van der Waals surface area contributed by atoms with Crippen molar-refractivity contribution in [1.29, 1.82) is 0 Å². The van der Waals surface area contributed by atoms with E-state index in [0.717, 1.165) is 49.2 Å². The highest BCUT2D eigenvalue weighted by atomic mass is 16.5. The van der Waals surface area contributed by atoms with Gasteiger partial charge in [0.05, 0.1) is 18.4 Å². The van der Waals surface area contributed by atoms with Gasteiger partial charge in [-0.05, 0) is 67.1 Å². The van der Waals surface area contributed by atoms with Gasteiger partial charge in [0.1, 0.15) is 11.5 Å². The largest absolute Gasteiger partial charge is 0.504 e. The van der Waals surface area contributed by atoms with Crippen molar-refractivity contribution in [3.63, 3.8) is 0 Å². The van der Waals surface area contributed by atoms with Crippen molar-refractivity contribution < 1.29 is 14.6 Å². The number of fused-ring (bicyclic) bond motifs is 3. The maximum Gasteiger partial charge on any atom is 0.257 e. The quantitative estimate of drug-likeness (QED) is 0.571. The molecule has 1 aromatic heterocycles. The zero-order chi connectivity index (χ0) is 25.3. The van der Waals surface area contributed by atoms with Crippen LogP contribution in [-0.4, -0.2) is 84.6 Å². The number of pyridine rings is 1. The predicted octanol–water partition coefficient (Wildman–Crippen LogP) is 2.99. The molecule has 0 radical (unpaired) electrons. The highest BCUT2D eigenvalue weighted by Gasteiger charge is 2.41. The van der Waals surface area contributed by atoms with Crippen molar-refractivity contribution in [2.75, 3.05) is 51.8 Å². The Balaban J connectivity index is 0.000000174. The summed E-state index contributed by atoms with van der Waals surface area (Å²) in [5, 5.41) is 11.6. The van der Waals surface area contributed by atoms with Crippen LogP contribution < -0.4 is 15.4 Å². The first-order valence-corrected chi connectivity index (χ1v) is 12.2. The molecule has 3 N–H and O–H groups in total. The van der Waals surface area contributed by atoms with Crippen molar-refractivity contribution in [1.82, 2.24) is 14.8 Å². The van der Waals surface area contributed by atoms with Crippen molar-refractivity contribution >= 4 is 34.4 Å². The molecule has 9 nitrogen and oxygen atoms in total. The highest BCUT2D eigenvalue weighted by Crippen LogP contribution is 2.38. The number of phenolic OH excluding ortho intramolecular Hbond substituents is 1. The minimum atomic E-state index is -0.803. The lowest BCUT2D eigenvalue weighted by atomic mass is 10.0. The van der Waals surface area contributed by atoms with Gasteiger partial charge < -0.3 is 30.3 Å². The number of hydrogen-bond donors (Lipinski definition) is 2. The summed E-state index contributed by atoms with van der Waals surface area (Å²) in [6.45, 7) is 5.08. The molecule has 1 amide bonds. The Morgan fingerprint density at radius 2 is 1.83 bits per heavy atom. The summed E-state index contributed by atoms with van der Waals surface area (Å²) in [6, 6.07) is 13.0. The number of rotatable bonds is 2. The number of benzene rings is 2. The first kappa shape index (κ1) is 24.0. The van der Waals surface area contributed by atoms with Gasteiger partial charge in [-0.1, -0.05) is 6.07 Å². The molecule has 0 saturated carbocycles. The van der Waals surface area contributed by atoms with Crippen LogP contribution in [0.4, 0.5) is 11.5 Å². The predicted molar refractivity (Wildman–Crippen MR) is 141 cm³/mol. The van der Waals surface area contributed by atoms with Crippen LogP contribution in [0, 0.1) is 0 Å². The van der Waals surface area contributed by atoms with Gasteiger partial charge in [0, 0.05) is 45.1 Å². The number of aliphatic imine (C=N–C) groups is 1. The van der Waals surface area contributed by atoms with Gasteiger partial charge in [0.15, 0.2) is 11.5 Å². The number of phenols is 1. The molecule has 1 atom stereocenters. The molecule has 2 saturated heterocycles. The summed E-state index contributed by atoms with van der Waals surface area (Å²) in [5.74, 6) is 1.42. The Bertz CT molecular complexity index is 1290. The number of aromatic nitrogens is 1. The van der Waals surface area contributed by atoms with Gasteiger partial charge in [-0.15, -0.1) is 0 Å². The molecular weight excluding hydrogens is 456 g/mol. The third-order valence-corrected chi connectivity index (χ3v) is 7.09. The van der Waals surface area contributed by atoms with Crippen LogP contribution in [0.2, 0.25) is 0 Å². The molecule has 2 aromatic carbocycles. The number of amides is 1. The molecule has 0 bridgehead atoms. The number of nitrogens with zero attached hydrogens (tertiary/aromatic N) is 5. The summed E-state index contributed by atoms with van der Waals surface area (Å²) >= 11 is 0. The van der Waals surface area contributed by atoms with Crippen LogP contribution in [0.1, 0.15) is 23.2 Å². The lowest BCUT2D eigenvalue weighted by molar-refractivity contribution is 0.0702. The van der Waals surface area contributed by atoms with Crippen LogP contribution in [-0.2, 0) is 0 Å². The number of likely N-dealkylation sites (N-methyl/N-ethyl adjacent to an activating group) is 1. The minimum Gasteiger partial charge on any atom is -0.504 e. The standard InChI is InChI=1S/C17H17N3O3.C10H15N3/c1-23-15-8-11-6-13-12(5-10(11)7-14(15)21)16(22)20-4-2-3-17(20,18)9-19-13;1-12-6-8-13(9-7-12)10-4-2-3-5-11-10/h5-9,21H,2-4,18H2,1H3;2-5H,6-9H2,1H3. The van der Waals surface area contributed by atoms with Crippen molar-refractivity contribution in [2.24, 2.45) is 10.7 Å². The first-order valence-electron chi connectivity index (χ1n) is 12.2. The second-order valence-corrected chi connectivity index (χ2v) is 9.53. The number of carbonyl (C=O) groups excluding carboxylic acids is 1. The van der Waals surface area contributed by atoms with Crippen molar-refractivity contribution in [2.45, 2.75) is 18.5 Å². The molecule has 0 spiro atoms. The molecule has 3 aliphatic heterocycles. The fourth-order valence-corrected chi connectivity index (χ4v) is 4.94. The number of ether oxygens (including phenoxy) is 1. The Morgan fingerprint density at radius 1 is 1.06 bits per heavy atom. The summed E-state index contributed by atoms with van der Waals surface area (Å²) in [7, 11) is 3.66. The molecule has 6 rings (SSSR count). The number of carbonyl (C=O) groups is 1. The minimum absolute atomic E-state index is 0.0406. The maximum atomic E-state index is 12.9. The van der Waals surface area contributed by atoms with Gasteiger partial charge in [0.2, 0.25) is 0 Å². The Morgan fingerprint density at radius 3 is 2.56 bits per heavy atom. The van der Waals surface area contributed by atoms with Crippen LogP contribution in [0.25, 0.3) is 10.8 Å². The molecule has 2 fully saturated rings. The fraction of sp³-hybridized carbons (Fsp3) is 0.370. The number of anilines is 1.